The van der Waals surface area contributed by atoms with Crippen LogP contribution in [0.25, 0.3) is 5.57 Å². The number of fused-ring (bicyclic) bond motifs is 4. The molecule has 0 fully saturated rings. The quantitative estimate of drug-likeness (QED) is 0.821. The number of anilines is 1. The lowest BCUT2D eigenvalue weighted by molar-refractivity contribution is 0.397. The number of aromatic nitrogens is 1. The fraction of sp³-hybridized carbons (Fsp3) is 0.300. The standard InChI is InChI=1S/C20H22N4O/c1-11-8-12(4-3-7-21)20(22)19-13(11)5-6-15-18(19)14-10-23-17(25-2)9-16(14)24-15/h6,8-10H,3-5,7,21-22H2,1-2H3. The normalized spacial score (nSPS) is 14.4. The lowest BCUT2D eigenvalue weighted by atomic mass is 9.83. The molecule has 1 aromatic carbocycles. The Labute approximate surface area is 146 Å². The van der Waals surface area contributed by atoms with Crippen LogP contribution in [-0.2, 0) is 12.8 Å². The largest absolute Gasteiger partial charge is 0.481 e. The van der Waals surface area contributed by atoms with Crippen molar-refractivity contribution in [3.63, 3.8) is 0 Å². The number of hydrogen-bond acceptors (Lipinski definition) is 5. The molecule has 5 nitrogen and oxygen atoms in total. The molecule has 0 saturated carbocycles. The van der Waals surface area contributed by atoms with E-state index in [0.29, 0.717) is 12.4 Å². The van der Waals surface area contributed by atoms with E-state index < -0.39 is 0 Å². The SMILES string of the molecule is COc1cc2c(cn1)=C1C(=CCc3c(C)cc(CCCN)c(N)c31)N=2. The summed E-state index contributed by atoms with van der Waals surface area (Å²) in [4.78, 5) is 9.14. The maximum absolute atomic E-state index is 6.61. The summed E-state index contributed by atoms with van der Waals surface area (Å²) in [6.45, 7) is 2.82. The highest BCUT2D eigenvalue weighted by Gasteiger charge is 2.26. The molecule has 5 heteroatoms. The van der Waals surface area contributed by atoms with E-state index in [9.17, 15) is 0 Å². The number of nitrogens with two attached hydrogens (primary N) is 2. The Balaban J connectivity index is 2.00. The second-order valence-electron chi connectivity index (χ2n) is 6.54. The van der Waals surface area contributed by atoms with Gasteiger partial charge in [-0.15, -0.1) is 0 Å². The Morgan fingerprint density at radius 1 is 1.28 bits per heavy atom. The molecule has 1 aromatic heterocycles. The molecule has 0 spiro atoms. The molecule has 2 aromatic rings. The molecular formula is C20H22N4O. The number of nitrogen functional groups attached to an aromatic ring is 1. The number of allylic oxidation sites excluding steroid dienone is 2. The lowest BCUT2D eigenvalue weighted by Crippen LogP contribution is -2.25. The molecule has 0 amide bonds. The van der Waals surface area contributed by atoms with Crippen LogP contribution < -0.4 is 26.8 Å². The van der Waals surface area contributed by atoms with Crippen LogP contribution in [0, 0.1) is 6.92 Å². The van der Waals surface area contributed by atoms with Crippen LogP contribution in [0.1, 0.15) is 28.7 Å². The second-order valence-corrected chi connectivity index (χ2v) is 6.54. The van der Waals surface area contributed by atoms with E-state index in [0.717, 1.165) is 52.4 Å². The lowest BCUT2D eigenvalue weighted by Gasteiger charge is -2.23. The highest BCUT2D eigenvalue weighted by molar-refractivity contribution is 5.90. The number of benzene rings is 1. The van der Waals surface area contributed by atoms with Crippen LogP contribution >= 0.6 is 0 Å². The summed E-state index contributed by atoms with van der Waals surface area (Å²) >= 11 is 0. The first kappa shape index (κ1) is 15.8. The van der Waals surface area contributed by atoms with Gasteiger partial charge in [0.1, 0.15) is 0 Å². The predicted molar refractivity (Wildman–Crippen MR) is 98.8 cm³/mol. The fourth-order valence-electron chi connectivity index (χ4n) is 3.75. The average Bonchev–Trinajstić information content (AvgIpc) is 3.00. The average molecular weight is 334 g/mol. The van der Waals surface area contributed by atoms with Crippen LogP contribution in [0.3, 0.4) is 0 Å². The van der Waals surface area contributed by atoms with E-state index in [1.165, 1.54) is 16.7 Å². The molecule has 0 bridgehead atoms. The first-order chi connectivity index (χ1) is 12.1. The number of rotatable bonds is 4. The zero-order valence-electron chi connectivity index (χ0n) is 14.6. The molecule has 0 unspecified atom stereocenters. The minimum atomic E-state index is 0.573. The van der Waals surface area contributed by atoms with Crippen molar-refractivity contribution in [3.05, 3.63) is 62.9 Å². The summed E-state index contributed by atoms with van der Waals surface area (Å²) in [5, 5.41) is 1.92. The van der Waals surface area contributed by atoms with Gasteiger partial charge in [-0.25, -0.2) is 9.98 Å². The van der Waals surface area contributed by atoms with Gasteiger partial charge in [0.15, 0.2) is 0 Å². The Kier molecular flexibility index (Phi) is 3.81. The van der Waals surface area contributed by atoms with Crippen molar-refractivity contribution >= 4 is 11.3 Å². The van der Waals surface area contributed by atoms with Gasteiger partial charge in [-0.3, -0.25) is 0 Å². The number of pyridine rings is 1. The molecule has 4 N–H and O–H groups in total. The van der Waals surface area contributed by atoms with Crippen LogP contribution in [0.15, 0.2) is 35.1 Å². The van der Waals surface area contributed by atoms with Crippen molar-refractivity contribution in [1.82, 2.24) is 4.98 Å². The maximum atomic E-state index is 6.61. The van der Waals surface area contributed by atoms with Crippen LogP contribution in [0.2, 0.25) is 0 Å². The third kappa shape index (κ3) is 2.43. The van der Waals surface area contributed by atoms with Gasteiger partial charge in [0, 0.05) is 34.3 Å². The molecule has 128 valence electrons. The van der Waals surface area contributed by atoms with E-state index >= 15 is 0 Å². The van der Waals surface area contributed by atoms with E-state index in [-0.39, 0.29) is 0 Å². The van der Waals surface area contributed by atoms with Crippen LogP contribution in [-0.4, -0.2) is 18.6 Å². The van der Waals surface area contributed by atoms with Gasteiger partial charge in [-0.1, -0.05) is 12.1 Å². The van der Waals surface area contributed by atoms with E-state index in [4.69, 9.17) is 21.2 Å². The molecule has 1 aliphatic heterocycles. The molecule has 0 radical (unpaired) electrons. The number of aryl methyl sites for hydroxylation is 2. The van der Waals surface area contributed by atoms with Gasteiger partial charge in [-0.05, 0) is 49.4 Å². The third-order valence-electron chi connectivity index (χ3n) is 5.02. The second kappa shape index (κ2) is 6.01. The van der Waals surface area contributed by atoms with Gasteiger partial charge >= 0.3 is 0 Å². The summed E-state index contributed by atoms with van der Waals surface area (Å²) in [6.07, 6.45) is 6.69. The smallest absolute Gasteiger partial charge is 0.215 e. The van der Waals surface area contributed by atoms with Gasteiger partial charge in [-0.2, -0.15) is 0 Å². The topological polar surface area (TPSA) is 86.5 Å². The maximum Gasteiger partial charge on any atom is 0.215 e. The van der Waals surface area contributed by atoms with E-state index in [1.807, 2.05) is 12.3 Å². The Morgan fingerprint density at radius 2 is 2.12 bits per heavy atom. The zero-order valence-corrected chi connectivity index (χ0v) is 14.6. The van der Waals surface area contributed by atoms with Crippen LogP contribution in [0.5, 0.6) is 5.88 Å². The van der Waals surface area contributed by atoms with Crippen molar-refractivity contribution in [3.8, 4) is 5.88 Å². The molecular weight excluding hydrogens is 312 g/mol. The van der Waals surface area contributed by atoms with Crippen molar-refractivity contribution < 1.29 is 4.74 Å². The minimum absolute atomic E-state index is 0.573. The molecule has 0 saturated heterocycles. The minimum Gasteiger partial charge on any atom is -0.481 e. The molecule has 2 heterocycles. The first-order valence-corrected chi connectivity index (χ1v) is 8.59. The number of hydrogen-bond donors (Lipinski definition) is 2. The van der Waals surface area contributed by atoms with Gasteiger partial charge < -0.3 is 16.2 Å². The molecule has 2 aliphatic rings. The predicted octanol–water partition coefficient (Wildman–Crippen LogP) is 1.14. The third-order valence-corrected chi connectivity index (χ3v) is 5.02. The molecule has 1 aliphatic carbocycles. The molecule has 0 atom stereocenters. The van der Waals surface area contributed by atoms with Crippen molar-refractivity contribution in [2.24, 2.45) is 10.7 Å². The van der Waals surface area contributed by atoms with Crippen molar-refractivity contribution in [1.29, 1.82) is 0 Å². The summed E-state index contributed by atoms with van der Waals surface area (Å²) in [6, 6.07) is 4.09. The van der Waals surface area contributed by atoms with Crippen LogP contribution in [0.4, 0.5) is 5.69 Å². The number of methoxy groups -OCH3 is 1. The van der Waals surface area contributed by atoms with E-state index in [1.54, 1.807) is 7.11 Å². The van der Waals surface area contributed by atoms with Gasteiger partial charge in [0.25, 0.3) is 0 Å². The van der Waals surface area contributed by atoms with Gasteiger partial charge in [0.05, 0.1) is 18.2 Å². The Hall–Kier alpha value is -2.66. The summed E-state index contributed by atoms with van der Waals surface area (Å²) in [7, 11) is 1.61. The first-order valence-electron chi connectivity index (χ1n) is 8.59. The van der Waals surface area contributed by atoms with Crippen molar-refractivity contribution in [2.45, 2.75) is 26.2 Å². The fourth-order valence-corrected chi connectivity index (χ4v) is 3.75. The monoisotopic (exact) mass is 334 g/mol. The van der Waals surface area contributed by atoms with E-state index in [2.05, 4.69) is 24.1 Å². The molecule has 4 rings (SSSR count). The number of ether oxygens (including phenoxy) is 1. The summed E-state index contributed by atoms with van der Waals surface area (Å²) in [5.41, 5.74) is 20.1. The van der Waals surface area contributed by atoms with Gasteiger partial charge in [0.2, 0.25) is 5.88 Å². The highest BCUT2D eigenvalue weighted by atomic mass is 16.5. The zero-order chi connectivity index (χ0) is 17.6. The molecule has 25 heavy (non-hydrogen) atoms. The Morgan fingerprint density at radius 3 is 2.88 bits per heavy atom. The Bertz CT molecular complexity index is 1020. The number of nitrogens with zero attached hydrogens (tertiary/aromatic N) is 2. The highest BCUT2D eigenvalue weighted by Crippen LogP contribution is 2.39. The summed E-state index contributed by atoms with van der Waals surface area (Å²) < 4.78 is 5.23. The van der Waals surface area contributed by atoms with Crippen molar-refractivity contribution in [2.75, 3.05) is 19.4 Å². The summed E-state index contributed by atoms with van der Waals surface area (Å²) in [5.74, 6) is 0.573.